The van der Waals surface area contributed by atoms with E-state index in [2.05, 4.69) is 62.6 Å². The SMILES string of the molecule is O=C1CC2CCC1C(c1cccs1)N2c1ccc(Br)cc1. The largest absolute Gasteiger partial charge is 0.360 e. The number of hydrogen-bond acceptors (Lipinski definition) is 3. The van der Waals surface area contributed by atoms with E-state index in [0.717, 1.165) is 17.3 Å². The molecule has 3 fully saturated rings. The molecule has 0 amide bonds. The molecule has 1 aromatic carbocycles. The van der Waals surface area contributed by atoms with Crippen molar-refractivity contribution < 1.29 is 4.79 Å². The number of carbonyl (C=O) groups is 1. The molecular weight excluding hydrogens is 346 g/mol. The minimum Gasteiger partial charge on any atom is -0.360 e. The molecule has 1 saturated carbocycles. The van der Waals surface area contributed by atoms with E-state index in [4.69, 9.17) is 0 Å². The van der Waals surface area contributed by atoms with Crippen LogP contribution in [0.3, 0.4) is 0 Å². The van der Waals surface area contributed by atoms with Crippen LogP contribution in [-0.2, 0) is 4.79 Å². The van der Waals surface area contributed by atoms with Crippen molar-refractivity contribution in [2.75, 3.05) is 4.90 Å². The zero-order valence-corrected chi connectivity index (χ0v) is 13.9. The zero-order valence-electron chi connectivity index (χ0n) is 11.5. The molecule has 4 heteroatoms. The van der Waals surface area contributed by atoms with Gasteiger partial charge in [-0.1, -0.05) is 22.0 Å². The Morgan fingerprint density at radius 3 is 2.62 bits per heavy atom. The van der Waals surface area contributed by atoms with Crippen LogP contribution in [0.1, 0.15) is 30.2 Å². The number of halogens is 1. The van der Waals surface area contributed by atoms with E-state index < -0.39 is 0 Å². The second-order valence-electron chi connectivity index (χ2n) is 5.85. The van der Waals surface area contributed by atoms with Crippen molar-refractivity contribution >= 4 is 38.7 Å². The van der Waals surface area contributed by atoms with Crippen LogP contribution in [0, 0.1) is 5.92 Å². The van der Waals surface area contributed by atoms with Crippen molar-refractivity contribution in [1.29, 1.82) is 0 Å². The van der Waals surface area contributed by atoms with Gasteiger partial charge in [0.15, 0.2) is 0 Å². The minimum atomic E-state index is 0.164. The fourth-order valence-corrected chi connectivity index (χ4v) is 4.94. The quantitative estimate of drug-likeness (QED) is 0.764. The Labute approximate surface area is 136 Å². The summed E-state index contributed by atoms with van der Waals surface area (Å²) < 4.78 is 1.09. The summed E-state index contributed by atoms with van der Waals surface area (Å²) in [5.74, 6) is 0.621. The van der Waals surface area contributed by atoms with E-state index in [-0.39, 0.29) is 12.0 Å². The molecule has 1 aliphatic carbocycles. The highest BCUT2D eigenvalue weighted by Gasteiger charge is 2.47. The first-order valence-corrected chi connectivity index (χ1v) is 9.01. The van der Waals surface area contributed by atoms with Crippen LogP contribution in [-0.4, -0.2) is 11.8 Å². The van der Waals surface area contributed by atoms with Crippen molar-refractivity contribution in [2.24, 2.45) is 5.92 Å². The van der Waals surface area contributed by atoms with E-state index in [0.29, 0.717) is 18.2 Å². The molecule has 108 valence electrons. The smallest absolute Gasteiger partial charge is 0.140 e. The molecule has 2 aromatic rings. The first-order chi connectivity index (χ1) is 10.2. The monoisotopic (exact) mass is 361 g/mol. The average Bonchev–Trinajstić information content (AvgIpc) is 3.02. The normalized spacial score (nSPS) is 28.1. The van der Waals surface area contributed by atoms with Gasteiger partial charge < -0.3 is 4.90 Å². The molecule has 2 bridgehead atoms. The number of anilines is 1. The molecule has 0 radical (unpaired) electrons. The molecule has 3 atom stereocenters. The second kappa shape index (κ2) is 5.25. The van der Waals surface area contributed by atoms with Gasteiger partial charge in [-0.2, -0.15) is 0 Å². The molecule has 3 unspecified atom stereocenters. The van der Waals surface area contributed by atoms with Gasteiger partial charge in [0.1, 0.15) is 5.78 Å². The maximum atomic E-state index is 12.4. The molecule has 5 rings (SSSR count). The molecule has 0 N–H and O–H groups in total. The topological polar surface area (TPSA) is 20.3 Å². The van der Waals surface area contributed by atoms with E-state index in [9.17, 15) is 4.79 Å². The zero-order chi connectivity index (χ0) is 14.4. The molecule has 3 aliphatic rings. The summed E-state index contributed by atoms with van der Waals surface area (Å²) in [5, 5.41) is 2.11. The van der Waals surface area contributed by atoms with E-state index in [1.807, 2.05) is 0 Å². The highest BCUT2D eigenvalue weighted by molar-refractivity contribution is 9.10. The number of fused-ring (bicyclic) bond motifs is 3. The molecule has 3 heterocycles. The molecular formula is C17H16BrNOS. The molecule has 2 saturated heterocycles. The van der Waals surface area contributed by atoms with Crippen molar-refractivity contribution in [3.63, 3.8) is 0 Å². The van der Waals surface area contributed by atoms with Gasteiger partial charge in [-0.3, -0.25) is 4.79 Å². The Kier molecular flexibility index (Phi) is 3.38. The van der Waals surface area contributed by atoms with E-state index in [1.54, 1.807) is 11.3 Å². The van der Waals surface area contributed by atoms with Crippen LogP contribution in [0.5, 0.6) is 0 Å². The van der Waals surface area contributed by atoms with Gasteiger partial charge in [-0.05, 0) is 48.6 Å². The number of benzene rings is 1. The first-order valence-electron chi connectivity index (χ1n) is 7.34. The standard InChI is InChI=1S/C17H16BrNOS/c18-11-3-5-12(6-4-11)19-13-7-8-14(15(20)10-13)17(19)16-2-1-9-21-16/h1-6,9,13-14,17H,7-8,10H2. The Bertz CT molecular complexity index is 652. The van der Waals surface area contributed by atoms with Crippen molar-refractivity contribution in [3.05, 3.63) is 51.1 Å². The number of nitrogens with zero attached hydrogens (tertiary/aromatic N) is 1. The van der Waals surface area contributed by atoms with Crippen LogP contribution >= 0.6 is 27.3 Å². The fraction of sp³-hybridized carbons (Fsp3) is 0.353. The maximum absolute atomic E-state index is 12.4. The van der Waals surface area contributed by atoms with Gasteiger partial charge in [-0.25, -0.2) is 0 Å². The van der Waals surface area contributed by atoms with Crippen molar-refractivity contribution in [1.82, 2.24) is 0 Å². The predicted molar refractivity (Wildman–Crippen MR) is 89.8 cm³/mol. The predicted octanol–water partition coefficient (Wildman–Crippen LogP) is 4.81. The number of piperidine rings is 2. The highest BCUT2D eigenvalue weighted by atomic mass is 79.9. The summed E-state index contributed by atoms with van der Waals surface area (Å²) in [6.45, 7) is 0. The fourth-order valence-electron chi connectivity index (χ4n) is 3.79. The summed E-state index contributed by atoms with van der Waals surface area (Å²) >= 11 is 5.27. The van der Waals surface area contributed by atoms with Gasteiger partial charge in [-0.15, -0.1) is 11.3 Å². The molecule has 2 nitrogen and oxygen atoms in total. The third kappa shape index (κ3) is 2.25. The average molecular weight is 362 g/mol. The van der Waals surface area contributed by atoms with Crippen LogP contribution in [0.2, 0.25) is 0 Å². The highest BCUT2D eigenvalue weighted by Crippen LogP contribution is 2.48. The first kappa shape index (κ1) is 13.5. The third-order valence-corrected chi connectivity index (χ3v) is 6.17. The Morgan fingerprint density at radius 1 is 1.14 bits per heavy atom. The number of thiophene rings is 1. The summed E-state index contributed by atoms with van der Waals surface area (Å²) in [5.41, 5.74) is 1.24. The lowest BCUT2D eigenvalue weighted by Crippen LogP contribution is -2.54. The summed E-state index contributed by atoms with van der Waals surface area (Å²) in [7, 11) is 0. The lowest BCUT2D eigenvalue weighted by atomic mass is 9.73. The summed E-state index contributed by atoms with van der Waals surface area (Å²) in [6, 6.07) is 13.4. The number of rotatable bonds is 2. The lowest BCUT2D eigenvalue weighted by Gasteiger charge is -2.51. The molecule has 0 spiro atoms. The van der Waals surface area contributed by atoms with Gasteiger partial charge in [0.2, 0.25) is 0 Å². The summed E-state index contributed by atoms with van der Waals surface area (Å²) in [4.78, 5) is 16.2. The lowest BCUT2D eigenvalue weighted by molar-refractivity contribution is -0.128. The molecule has 1 aromatic heterocycles. The van der Waals surface area contributed by atoms with Crippen LogP contribution in [0.4, 0.5) is 5.69 Å². The van der Waals surface area contributed by atoms with Gasteiger partial charge in [0.25, 0.3) is 0 Å². The number of Topliss-reactive ketones (excluding diaryl/α,β-unsaturated/α-hetero) is 1. The second-order valence-corrected chi connectivity index (χ2v) is 7.75. The van der Waals surface area contributed by atoms with Gasteiger partial charge in [0.05, 0.1) is 6.04 Å². The van der Waals surface area contributed by atoms with Crippen LogP contribution < -0.4 is 4.90 Å². The molecule has 2 aliphatic heterocycles. The van der Waals surface area contributed by atoms with E-state index in [1.165, 1.54) is 10.6 Å². The van der Waals surface area contributed by atoms with Crippen molar-refractivity contribution in [3.8, 4) is 0 Å². The number of carbonyl (C=O) groups excluding carboxylic acids is 1. The third-order valence-electron chi connectivity index (χ3n) is 4.69. The van der Waals surface area contributed by atoms with E-state index >= 15 is 0 Å². The Hall–Kier alpha value is -1.13. The Balaban J connectivity index is 1.79. The van der Waals surface area contributed by atoms with Crippen LogP contribution in [0.25, 0.3) is 0 Å². The van der Waals surface area contributed by atoms with Crippen LogP contribution in [0.15, 0.2) is 46.3 Å². The number of ketones is 1. The number of hydrogen-bond donors (Lipinski definition) is 0. The minimum absolute atomic E-state index is 0.164. The van der Waals surface area contributed by atoms with Gasteiger partial charge >= 0.3 is 0 Å². The summed E-state index contributed by atoms with van der Waals surface area (Å²) in [6.07, 6.45) is 2.88. The molecule has 21 heavy (non-hydrogen) atoms. The maximum Gasteiger partial charge on any atom is 0.140 e. The Morgan fingerprint density at radius 2 is 1.95 bits per heavy atom. The van der Waals surface area contributed by atoms with Gasteiger partial charge in [0, 0.05) is 33.4 Å². The van der Waals surface area contributed by atoms with Crippen molar-refractivity contribution in [2.45, 2.75) is 31.3 Å².